The predicted molar refractivity (Wildman–Crippen MR) is 76.7 cm³/mol. The molecule has 17 heavy (non-hydrogen) atoms. The fraction of sp³-hybridized carbons (Fsp3) is 0.538. The Labute approximate surface area is 112 Å². The highest BCUT2D eigenvalue weighted by atomic mass is 79.9. The molecule has 1 unspecified atom stereocenters. The van der Waals surface area contributed by atoms with Gasteiger partial charge in [-0.15, -0.1) is 0 Å². The number of nitrogens with one attached hydrogen (secondary N) is 1. The summed E-state index contributed by atoms with van der Waals surface area (Å²) in [5.74, 6) is 0. The summed E-state index contributed by atoms with van der Waals surface area (Å²) in [6, 6.07) is 9.05. The molecule has 0 spiro atoms. The third kappa shape index (κ3) is 3.44. The molecule has 0 aromatic heterocycles. The van der Waals surface area contributed by atoms with E-state index < -0.39 is 0 Å². The minimum Gasteiger partial charge on any atom is -0.373 e. The lowest BCUT2D eigenvalue weighted by molar-refractivity contribution is 0.204. The van der Waals surface area contributed by atoms with Crippen LogP contribution in [-0.4, -0.2) is 51.2 Å². The zero-order chi connectivity index (χ0) is 12.3. The molecular formula is C13H20BrN3. The van der Waals surface area contributed by atoms with Crippen LogP contribution in [0.5, 0.6) is 0 Å². The molecule has 1 aromatic carbocycles. The summed E-state index contributed by atoms with van der Waals surface area (Å²) in [6.45, 7) is 4.37. The van der Waals surface area contributed by atoms with Crippen LogP contribution in [-0.2, 0) is 0 Å². The maximum absolute atomic E-state index is 3.52. The average Bonchev–Trinajstić information content (AvgIpc) is 2.32. The summed E-state index contributed by atoms with van der Waals surface area (Å²) in [4.78, 5) is 4.75. The molecule has 1 fully saturated rings. The summed E-state index contributed by atoms with van der Waals surface area (Å²) < 4.78 is 1.14. The fourth-order valence-electron chi connectivity index (χ4n) is 2.20. The standard InChI is InChI=1S/C13H20BrN3/c1-16-7-6-15-9-13(16)10-17(2)12-5-3-4-11(14)8-12/h3-5,8,13,15H,6-7,9-10H2,1-2H3. The number of rotatable bonds is 3. The van der Waals surface area contributed by atoms with Crippen LogP contribution < -0.4 is 10.2 Å². The Morgan fingerprint density at radius 2 is 2.35 bits per heavy atom. The van der Waals surface area contributed by atoms with E-state index in [9.17, 15) is 0 Å². The van der Waals surface area contributed by atoms with Gasteiger partial charge in [-0.3, -0.25) is 4.90 Å². The summed E-state index contributed by atoms with van der Waals surface area (Å²) in [5, 5.41) is 3.46. The Morgan fingerprint density at radius 1 is 1.53 bits per heavy atom. The van der Waals surface area contributed by atoms with Crippen LogP contribution in [0.1, 0.15) is 0 Å². The first kappa shape index (κ1) is 12.9. The van der Waals surface area contributed by atoms with E-state index in [1.54, 1.807) is 0 Å². The van der Waals surface area contributed by atoms with Crippen LogP contribution in [0.3, 0.4) is 0 Å². The Balaban J connectivity index is 1.98. The van der Waals surface area contributed by atoms with E-state index in [2.05, 4.69) is 69.4 Å². The van der Waals surface area contributed by atoms with Gasteiger partial charge in [-0.05, 0) is 25.2 Å². The number of anilines is 1. The first-order valence-electron chi connectivity index (χ1n) is 6.04. The van der Waals surface area contributed by atoms with Crippen LogP contribution in [0.15, 0.2) is 28.7 Å². The lowest BCUT2D eigenvalue weighted by Gasteiger charge is -2.36. The minimum atomic E-state index is 0.590. The highest BCUT2D eigenvalue weighted by Crippen LogP contribution is 2.19. The third-order valence-electron chi connectivity index (χ3n) is 3.38. The summed E-state index contributed by atoms with van der Waals surface area (Å²) in [6.07, 6.45) is 0. The molecular weight excluding hydrogens is 278 g/mol. The molecule has 0 amide bonds. The Bertz CT molecular complexity index is 369. The zero-order valence-electron chi connectivity index (χ0n) is 10.5. The second-order valence-electron chi connectivity index (χ2n) is 4.70. The molecule has 94 valence electrons. The Morgan fingerprint density at radius 3 is 3.06 bits per heavy atom. The van der Waals surface area contributed by atoms with E-state index in [-0.39, 0.29) is 0 Å². The van der Waals surface area contributed by atoms with Crippen LogP contribution >= 0.6 is 15.9 Å². The molecule has 2 rings (SSSR count). The zero-order valence-corrected chi connectivity index (χ0v) is 12.1. The molecule has 0 saturated carbocycles. The topological polar surface area (TPSA) is 18.5 Å². The van der Waals surface area contributed by atoms with Gasteiger partial charge in [-0.1, -0.05) is 22.0 Å². The molecule has 1 saturated heterocycles. The van der Waals surface area contributed by atoms with Gasteiger partial charge in [0.15, 0.2) is 0 Å². The molecule has 3 nitrogen and oxygen atoms in total. The van der Waals surface area contributed by atoms with Crippen LogP contribution in [0.25, 0.3) is 0 Å². The van der Waals surface area contributed by atoms with Gasteiger partial charge in [-0.25, -0.2) is 0 Å². The molecule has 1 atom stereocenters. The highest BCUT2D eigenvalue weighted by Gasteiger charge is 2.20. The van der Waals surface area contributed by atoms with Gasteiger partial charge in [0, 0.05) is 49.4 Å². The van der Waals surface area contributed by atoms with Gasteiger partial charge in [0.05, 0.1) is 0 Å². The minimum absolute atomic E-state index is 0.590. The van der Waals surface area contributed by atoms with Crippen molar-refractivity contribution in [1.29, 1.82) is 0 Å². The van der Waals surface area contributed by atoms with Crippen LogP contribution in [0.2, 0.25) is 0 Å². The van der Waals surface area contributed by atoms with Gasteiger partial charge < -0.3 is 10.2 Å². The predicted octanol–water partition coefficient (Wildman–Crippen LogP) is 1.79. The molecule has 1 aliphatic heterocycles. The van der Waals surface area contributed by atoms with E-state index in [0.717, 1.165) is 30.7 Å². The van der Waals surface area contributed by atoms with Gasteiger partial charge in [0.25, 0.3) is 0 Å². The van der Waals surface area contributed by atoms with Crippen molar-refractivity contribution in [2.75, 3.05) is 45.2 Å². The molecule has 1 N–H and O–H groups in total. The summed E-state index contributed by atoms with van der Waals surface area (Å²) >= 11 is 3.52. The van der Waals surface area contributed by atoms with Crippen molar-refractivity contribution in [2.24, 2.45) is 0 Å². The van der Waals surface area contributed by atoms with Crippen molar-refractivity contribution < 1.29 is 0 Å². The Kier molecular flexibility index (Phi) is 4.42. The monoisotopic (exact) mass is 297 g/mol. The van der Waals surface area contributed by atoms with Gasteiger partial charge in [0.2, 0.25) is 0 Å². The number of nitrogens with zero attached hydrogens (tertiary/aromatic N) is 2. The maximum atomic E-state index is 3.52. The largest absolute Gasteiger partial charge is 0.373 e. The fourth-order valence-corrected chi connectivity index (χ4v) is 2.59. The number of hydrogen-bond donors (Lipinski definition) is 1. The van der Waals surface area contributed by atoms with E-state index >= 15 is 0 Å². The highest BCUT2D eigenvalue weighted by molar-refractivity contribution is 9.10. The summed E-state index contributed by atoms with van der Waals surface area (Å²) in [5.41, 5.74) is 1.26. The molecule has 0 radical (unpaired) electrons. The molecule has 1 heterocycles. The van der Waals surface area contributed by atoms with Gasteiger partial charge in [0.1, 0.15) is 0 Å². The first-order valence-corrected chi connectivity index (χ1v) is 6.84. The van der Waals surface area contributed by atoms with Crippen LogP contribution in [0.4, 0.5) is 5.69 Å². The summed E-state index contributed by atoms with van der Waals surface area (Å²) in [7, 11) is 4.37. The van der Waals surface area contributed by atoms with E-state index in [1.807, 2.05) is 0 Å². The number of hydrogen-bond acceptors (Lipinski definition) is 3. The quantitative estimate of drug-likeness (QED) is 0.918. The van der Waals surface area contributed by atoms with E-state index in [0.29, 0.717) is 6.04 Å². The van der Waals surface area contributed by atoms with Gasteiger partial charge in [-0.2, -0.15) is 0 Å². The lowest BCUT2D eigenvalue weighted by atomic mass is 10.2. The van der Waals surface area contributed by atoms with Crippen LogP contribution in [0, 0.1) is 0 Å². The van der Waals surface area contributed by atoms with Crippen molar-refractivity contribution in [1.82, 2.24) is 10.2 Å². The molecule has 0 aliphatic carbocycles. The lowest BCUT2D eigenvalue weighted by Crippen LogP contribution is -2.53. The number of piperazine rings is 1. The molecule has 1 aromatic rings. The smallest absolute Gasteiger partial charge is 0.0393 e. The number of halogens is 1. The maximum Gasteiger partial charge on any atom is 0.0393 e. The van der Waals surface area contributed by atoms with E-state index in [1.165, 1.54) is 5.69 Å². The number of benzene rings is 1. The van der Waals surface area contributed by atoms with Crippen molar-refractivity contribution in [3.63, 3.8) is 0 Å². The second kappa shape index (κ2) is 5.85. The SMILES string of the molecule is CN(CC1CNCCN1C)c1cccc(Br)c1. The number of likely N-dealkylation sites (N-methyl/N-ethyl adjacent to an activating group) is 2. The van der Waals surface area contributed by atoms with Crippen molar-refractivity contribution in [2.45, 2.75) is 6.04 Å². The molecule has 0 bridgehead atoms. The molecule has 1 aliphatic rings. The molecule has 4 heteroatoms. The second-order valence-corrected chi connectivity index (χ2v) is 5.61. The normalized spacial score (nSPS) is 21.5. The average molecular weight is 298 g/mol. The van der Waals surface area contributed by atoms with Crippen molar-refractivity contribution in [3.05, 3.63) is 28.7 Å². The van der Waals surface area contributed by atoms with Gasteiger partial charge >= 0.3 is 0 Å². The first-order chi connectivity index (χ1) is 8.16. The van der Waals surface area contributed by atoms with E-state index in [4.69, 9.17) is 0 Å². The third-order valence-corrected chi connectivity index (χ3v) is 3.87. The Hall–Kier alpha value is -0.580. The van der Waals surface area contributed by atoms with Crippen molar-refractivity contribution >= 4 is 21.6 Å². The van der Waals surface area contributed by atoms with Crippen molar-refractivity contribution in [3.8, 4) is 0 Å².